The summed E-state index contributed by atoms with van der Waals surface area (Å²) in [5.41, 5.74) is 6.04. The van der Waals surface area contributed by atoms with Crippen molar-refractivity contribution in [3.63, 3.8) is 0 Å². The summed E-state index contributed by atoms with van der Waals surface area (Å²) in [4.78, 5) is 4.34. The van der Waals surface area contributed by atoms with Crippen molar-refractivity contribution in [2.75, 3.05) is 7.11 Å². The van der Waals surface area contributed by atoms with Crippen LogP contribution in [0.4, 0.5) is 0 Å². The van der Waals surface area contributed by atoms with Crippen molar-refractivity contribution in [3.05, 3.63) is 11.7 Å². The molecule has 1 aromatic heterocycles. The first kappa shape index (κ1) is 14.1. The number of hydrogen-bond donors (Lipinski definition) is 1. The van der Waals surface area contributed by atoms with Gasteiger partial charge in [-0.05, 0) is 12.3 Å². The van der Waals surface area contributed by atoms with Crippen LogP contribution in [0, 0.1) is 5.92 Å². The lowest BCUT2D eigenvalue weighted by Crippen LogP contribution is -2.19. The Morgan fingerprint density at radius 3 is 2.65 bits per heavy atom. The Labute approximate surface area is 103 Å². The second-order valence-corrected chi connectivity index (χ2v) is 4.42. The number of nitrogens with zero attached hydrogens (tertiary/aromatic N) is 2. The smallest absolute Gasteiger partial charge is 0.243 e. The van der Waals surface area contributed by atoms with Crippen molar-refractivity contribution >= 4 is 0 Å². The Balaban J connectivity index is 2.76. The zero-order valence-electron chi connectivity index (χ0n) is 11.1. The van der Waals surface area contributed by atoms with E-state index in [0.717, 1.165) is 19.3 Å². The second-order valence-electron chi connectivity index (χ2n) is 4.42. The van der Waals surface area contributed by atoms with Crippen LogP contribution < -0.4 is 5.73 Å². The lowest BCUT2D eigenvalue weighted by molar-refractivity contribution is 0.0854. The van der Waals surface area contributed by atoms with E-state index in [4.69, 9.17) is 15.0 Å². The number of nitrogens with two attached hydrogens (primary N) is 1. The van der Waals surface area contributed by atoms with Gasteiger partial charge in [-0.25, -0.2) is 0 Å². The van der Waals surface area contributed by atoms with Gasteiger partial charge < -0.3 is 15.0 Å². The Bertz CT molecular complexity index is 311. The number of methoxy groups -OCH3 is 1. The Morgan fingerprint density at radius 1 is 1.41 bits per heavy atom. The molecule has 0 aliphatic carbocycles. The highest BCUT2D eigenvalue weighted by atomic mass is 16.5. The minimum absolute atomic E-state index is 0.0957. The minimum atomic E-state index is -0.194. The van der Waals surface area contributed by atoms with E-state index in [1.807, 2.05) is 0 Å². The van der Waals surface area contributed by atoms with Gasteiger partial charge >= 0.3 is 0 Å². The SMILES string of the molecule is CCCC(OC)c1noc(C(N)C(C)CC)n1. The van der Waals surface area contributed by atoms with Crippen LogP contribution in [0.1, 0.15) is 63.9 Å². The zero-order valence-corrected chi connectivity index (χ0v) is 11.1. The fourth-order valence-corrected chi connectivity index (χ4v) is 1.63. The largest absolute Gasteiger partial charge is 0.373 e. The van der Waals surface area contributed by atoms with Crippen LogP contribution in [0.3, 0.4) is 0 Å². The molecule has 0 radical (unpaired) electrons. The monoisotopic (exact) mass is 241 g/mol. The highest BCUT2D eigenvalue weighted by Gasteiger charge is 2.23. The van der Waals surface area contributed by atoms with Gasteiger partial charge in [-0.15, -0.1) is 0 Å². The molecular formula is C12H23N3O2. The van der Waals surface area contributed by atoms with Gasteiger partial charge in [0.25, 0.3) is 0 Å². The Kier molecular flexibility index (Phi) is 5.58. The quantitative estimate of drug-likeness (QED) is 0.794. The maximum Gasteiger partial charge on any atom is 0.243 e. The summed E-state index contributed by atoms with van der Waals surface area (Å²) in [6, 6.07) is -0.194. The molecule has 0 spiro atoms. The third-order valence-electron chi connectivity index (χ3n) is 3.12. The van der Waals surface area contributed by atoms with Crippen LogP contribution >= 0.6 is 0 Å². The first-order chi connectivity index (χ1) is 8.13. The van der Waals surface area contributed by atoms with Gasteiger partial charge in [0.2, 0.25) is 11.7 Å². The predicted molar refractivity (Wildman–Crippen MR) is 65.3 cm³/mol. The molecule has 0 saturated heterocycles. The molecule has 1 heterocycles. The van der Waals surface area contributed by atoms with Crippen LogP contribution in [-0.4, -0.2) is 17.3 Å². The number of aromatic nitrogens is 2. The van der Waals surface area contributed by atoms with Crippen LogP contribution in [0.5, 0.6) is 0 Å². The molecular weight excluding hydrogens is 218 g/mol. The summed E-state index contributed by atoms with van der Waals surface area (Å²) in [6.07, 6.45) is 2.79. The highest BCUT2D eigenvalue weighted by Crippen LogP contribution is 2.24. The lowest BCUT2D eigenvalue weighted by Gasteiger charge is -2.13. The third kappa shape index (κ3) is 3.51. The second kappa shape index (κ2) is 6.71. The number of hydrogen-bond acceptors (Lipinski definition) is 5. The van der Waals surface area contributed by atoms with Gasteiger partial charge in [0.05, 0.1) is 6.04 Å². The molecule has 5 heteroatoms. The van der Waals surface area contributed by atoms with E-state index in [9.17, 15) is 0 Å². The summed E-state index contributed by atoms with van der Waals surface area (Å²) < 4.78 is 10.5. The first-order valence-electron chi connectivity index (χ1n) is 6.25. The number of ether oxygens (including phenoxy) is 1. The summed E-state index contributed by atoms with van der Waals surface area (Å²) in [6.45, 7) is 6.27. The molecule has 3 unspecified atom stereocenters. The Hall–Kier alpha value is -0.940. The van der Waals surface area contributed by atoms with Gasteiger partial charge in [-0.2, -0.15) is 4.98 Å². The molecule has 0 bridgehead atoms. The van der Waals surface area contributed by atoms with Gasteiger partial charge in [0.1, 0.15) is 6.10 Å². The predicted octanol–water partition coefficient (Wildman–Crippen LogP) is 2.60. The van der Waals surface area contributed by atoms with E-state index in [0.29, 0.717) is 17.6 Å². The summed E-state index contributed by atoms with van der Waals surface area (Å²) >= 11 is 0. The molecule has 2 N–H and O–H groups in total. The summed E-state index contributed by atoms with van der Waals surface area (Å²) in [5, 5.41) is 3.95. The Morgan fingerprint density at radius 2 is 2.12 bits per heavy atom. The minimum Gasteiger partial charge on any atom is -0.373 e. The van der Waals surface area contributed by atoms with Gasteiger partial charge in [0, 0.05) is 7.11 Å². The van der Waals surface area contributed by atoms with E-state index < -0.39 is 0 Å². The van der Waals surface area contributed by atoms with Crippen molar-refractivity contribution in [2.45, 2.75) is 52.2 Å². The average Bonchev–Trinajstić information content (AvgIpc) is 2.83. The maximum atomic E-state index is 6.04. The normalized spacial score (nSPS) is 16.8. The van der Waals surface area contributed by atoms with Gasteiger partial charge in [0.15, 0.2) is 0 Å². The van der Waals surface area contributed by atoms with Crippen LogP contribution in [0.25, 0.3) is 0 Å². The molecule has 0 aromatic carbocycles. The average molecular weight is 241 g/mol. The summed E-state index contributed by atoms with van der Waals surface area (Å²) in [7, 11) is 1.66. The van der Waals surface area contributed by atoms with Gasteiger partial charge in [-0.1, -0.05) is 38.8 Å². The molecule has 0 aliphatic heterocycles. The van der Waals surface area contributed by atoms with Crippen LogP contribution in [0.2, 0.25) is 0 Å². The van der Waals surface area contributed by atoms with Crippen LogP contribution in [-0.2, 0) is 4.74 Å². The lowest BCUT2D eigenvalue weighted by atomic mass is 10.0. The van der Waals surface area contributed by atoms with Crippen LogP contribution in [0.15, 0.2) is 4.52 Å². The van der Waals surface area contributed by atoms with E-state index in [1.165, 1.54) is 0 Å². The van der Waals surface area contributed by atoms with E-state index >= 15 is 0 Å². The fourth-order valence-electron chi connectivity index (χ4n) is 1.63. The standard InChI is InChI=1S/C12H23N3O2/c1-5-7-9(16-4)11-14-12(17-15-11)10(13)8(3)6-2/h8-10H,5-7,13H2,1-4H3. The van der Waals surface area contributed by atoms with Crippen molar-refractivity contribution in [1.82, 2.24) is 10.1 Å². The molecule has 1 rings (SSSR count). The molecule has 0 amide bonds. The fraction of sp³-hybridized carbons (Fsp3) is 0.833. The van der Waals surface area contributed by atoms with Crippen molar-refractivity contribution < 1.29 is 9.26 Å². The van der Waals surface area contributed by atoms with E-state index in [-0.39, 0.29) is 12.1 Å². The molecule has 98 valence electrons. The molecule has 5 nitrogen and oxygen atoms in total. The van der Waals surface area contributed by atoms with Gasteiger partial charge in [-0.3, -0.25) is 0 Å². The molecule has 0 saturated carbocycles. The molecule has 0 aliphatic rings. The van der Waals surface area contributed by atoms with E-state index in [2.05, 4.69) is 30.9 Å². The highest BCUT2D eigenvalue weighted by molar-refractivity contribution is 4.96. The maximum absolute atomic E-state index is 6.04. The zero-order chi connectivity index (χ0) is 12.8. The molecule has 0 fully saturated rings. The van der Waals surface area contributed by atoms with E-state index in [1.54, 1.807) is 7.11 Å². The topological polar surface area (TPSA) is 74.2 Å². The molecule has 1 aromatic rings. The molecule has 3 atom stereocenters. The summed E-state index contributed by atoms with van der Waals surface area (Å²) in [5.74, 6) is 1.44. The number of rotatable bonds is 7. The van der Waals surface area contributed by atoms with Crippen molar-refractivity contribution in [3.8, 4) is 0 Å². The van der Waals surface area contributed by atoms with Crippen molar-refractivity contribution in [1.29, 1.82) is 0 Å². The first-order valence-corrected chi connectivity index (χ1v) is 6.25. The third-order valence-corrected chi connectivity index (χ3v) is 3.12. The molecule has 17 heavy (non-hydrogen) atoms. The van der Waals surface area contributed by atoms with Crippen molar-refractivity contribution in [2.24, 2.45) is 11.7 Å².